The highest BCUT2D eigenvalue weighted by Gasteiger charge is 2.14. The van der Waals surface area contributed by atoms with Gasteiger partial charge < -0.3 is 10.1 Å². The van der Waals surface area contributed by atoms with Crippen LogP contribution in [0.2, 0.25) is 0 Å². The Morgan fingerprint density at radius 2 is 1.96 bits per heavy atom. The summed E-state index contributed by atoms with van der Waals surface area (Å²) in [5.41, 5.74) is 2.56. The third kappa shape index (κ3) is 5.34. The van der Waals surface area contributed by atoms with Crippen LogP contribution in [0.25, 0.3) is 11.4 Å². The molecule has 2 heterocycles. The van der Waals surface area contributed by atoms with E-state index in [0.29, 0.717) is 12.2 Å². The Hall–Kier alpha value is -2.83. The fraction of sp³-hybridized carbons (Fsp3) is 0.389. The SMILES string of the molecule is COC(=O)CCCC(=O)NC(C)c1cnc(-c2ccncc2)nc1C. The van der Waals surface area contributed by atoms with E-state index in [1.54, 1.807) is 18.6 Å². The van der Waals surface area contributed by atoms with Crippen molar-refractivity contribution < 1.29 is 14.3 Å². The average molecular weight is 342 g/mol. The molecule has 0 aliphatic heterocycles. The molecule has 1 atom stereocenters. The number of nitrogens with one attached hydrogen (secondary N) is 1. The topological polar surface area (TPSA) is 94.1 Å². The van der Waals surface area contributed by atoms with Gasteiger partial charge in [0.15, 0.2) is 5.82 Å². The summed E-state index contributed by atoms with van der Waals surface area (Å²) in [7, 11) is 1.34. The molecule has 0 aliphatic carbocycles. The van der Waals surface area contributed by atoms with E-state index in [4.69, 9.17) is 0 Å². The molecular weight excluding hydrogens is 320 g/mol. The molecule has 0 aromatic carbocycles. The van der Waals surface area contributed by atoms with E-state index in [0.717, 1.165) is 16.8 Å². The number of hydrogen-bond acceptors (Lipinski definition) is 6. The van der Waals surface area contributed by atoms with Crippen LogP contribution in [0.4, 0.5) is 0 Å². The highest BCUT2D eigenvalue weighted by molar-refractivity contribution is 5.77. The standard InChI is InChI=1S/C18H22N4O3/c1-12(21-16(23)5-4-6-17(24)25-3)15-11-20-18(22-13(15)2)14-7-9-19-10-8-14/h7-12H,4-6H2,1-3H3,(H,21,23). The second kappa shape index (κ2) is 8.86. The predicted octanol–water partition coefficient (Wildman–Crippen LogP) is 2.37. The van der Waals surface area contributed by atoms with Crippen molar-refractivity contribution in [3.63, 3.8) is 0 Å². The van der Waals surface area contributed by atoms with Crippen molar-refractivity contribution in [3.05, 3.63) is 42.0 Å². The van der Waals surface area contributed by atoms with Crippen LogP contribution in [0.15, 0.2) is 30.7 Å². The molecule has 0 saturated heterocycles. The summed E-state index contributed by atoms with van der Waals surface area (Å²) in [5.74, 6) is 0.200. The Bertz CT molecular complexity index is 734. The lowest BCUT2D eigenvalue weighted by Crippen LogP contribution is -2.27. The van der Waals surface area contributed by atoms with E-state index >= 15 is 0 Å². The Balaban J connectivity index is 1.96. The van der Waals surface area contributed by atoms with Gasteiger partial charge in [0.05, 0.1) is 13.2 Å². The minimum absolute atomic E-state index is 0.117. The van der Waals surface area contributed by atoms with Gasteiger partial charge >= 0.3 is 5.97 Å². The van der Waals surface area contributed by atoms with E-state index in [9.17, 15) is 9.59 Å². The normalized spacial score (nSPS) is 11.6. The Labute approximate surface area is 146 Å². The van der Waals surface area contributed by atoms with Gasteiger partial charge in [-0.25, -0.2) is 9.97 Å². The Morgan fingerprint density at radius 1 is 1.24 bits per heavy atom. The van der Waals surface area contributed by atoms with Gasteiger partial charge in [-0.15, -0.1) is 0 Å². The molecule has 7 heteroatoms. The van der Waals surface area contributed by atoms with Crippen molar-refractivity contribution >= 4 is 11.9 Å². The molecule has 0 aliphatic rings. The number of amides is 1. The number of aromatic nitrogens is 3. The molecule has 0 spiro atoms. The number of nitrogens with zero attached hydrogens (tertiary/aromatic N) is 3. The van der Waals surface area contributed by atoms with Crippen molar-refractivity contribution in [1.29, 1.82) is 0 Å². The van der Waals surface area contributed by atoms with Crippen molar-refractivity contribution in [1.82, 2.24) is 20.3 Å². The lowest BCUT2D eigenvalue weighted by atomic mass is 10.1. The molecule has 132 valence electrons. The fourth-order valence-electron chi connectivity index (χ4n) is 2.43. The fourth-order valence-corrected chi connectivity index (χ4v) is 2.43. The summed E-state index contributed by atoms with van der Waals surface area (Å²) < 4.78 is 4.55. The summed E-state index contributed by atoms with van der Waals surface area (Å²) in [6.45, 7) is 3.78. The second-order valence-electron chi connectivity index (χ2n) is 5.69. The maximum Gasteiger partial charge on any atom is 0.305 e. The number of carbonyl (C=O) groups excluding carboxylic acids is 2. The predicted molar refractivity (Wildman–Crippen MR) is 92.4 cm³/mol. The molecule has 2 aromatic heterocycles. The van der Waals surface area contributed by atoms with Crippen LogP contribution in [0.3, 0.4) is 0 Å². The van der Waals surface area contributed by atoms with Gasteiger partial charge in [-0.05, 0) is 32.4 Å². The number of hydrogen-bond donors (Lipinski definition) is 1. The first kappa shape index (κ1) is 18.5. The quantitative estimate of drug-likeness (QED) is 0.776. The third-order valence-corrected chi connectivity index (χ3v) is 3.81. The van der Waals surface area contributed by atoms with Gasteiger partial charge in [0, 0.05) is 48.3 Å². The summed E-state index contributed by atoms with van der Waals surface area (Å²) in [5, 5.41) is 2.91. The number of rotatable bonds is 7. The smallest absolute Gasteiger partial charge is 0.305 e. The van der Waals surface area contributed by atoms with Crippen LogP contribution in [0, 0.1) is 6.92 Å². The molecule has 1 unspecified atom stereocenters. The molecule has 0 radical (unpaired) electrons. The molecule has 25 heavy (non-hydrogen) atoms. The molecular formula is C18H22N4O3. The number of carbonyl (C=O) groups is 2. The third-order valence-electron chi connectivity index (χ3n) is 3.81. The van der Waals surface area contributed by atoms with Crippen molar-refractivity contribution in [2.45, 2.75) is 39.2 Å². The highest BCUT2D eigenvalue weighted by Crippen LogP contribution is 2.19. The van der Waals surface area contributed by atoms with Crippen molar-refractivity contribution in [2.75, 3.05) is 7.11 Å². The minimum Gasteiger partial charge on any atom is -0.469 e. The zero-order valence-corrected chi connectivity index (χ0v) is 14.7. The van der Waals surface area contributed by atoms with E-state index < -0.39 is 0 Å². The molecule has 2 rings (SSSR count). The largest absolute Gasteiger partial charge is 0.469 e. The number of pyridine rings is 1. The summed E-state index contributed by atoms with van der Waals surface area (Å²) >= 11 is 0. The summed E-state index contributed by atoms with van der Waals surface area (Å²) in [6.07, 6.45) is 6.09. The van der Waals surface area contributed by atoms with Gasteiger partial charge in [-0.3, -0.25) is 14.6 Å². The first-order chi connectivity index (χ1) is 12.0. The van der Waals surface area contributed by atoms with Crippen LogP contribution in [0.5, 0.6) is 0 Å². The van der Waals surface area contributed by atoms with Crippen LogP contribution in [-0.4, -0.2) is 33.9 Å². The first-order valence-corrected chi connectivity index (χ1v) is 8.11. The summed E-state index contributed by atoms with van der Waals surface area (Å²) in [4.78, 5) is 35.9. The van der Waals surface area contributed by atoms with Gasteiger partial charge in [-0.1, -0.05) is 0 Å². The van der Waals surface area contributed by atoms with Crippen molar-refractivity contribution in [3.8, 4) is 11.4 Å². The molecule has 2 aromatic rings. The van der Waals surface area contributed by atoms with Gasteiger partial charge in [0.25, 0.3) is 0 Å². The van der Waals surface area contributed by atoms with E-state index in [1.165, 1.54) is 7.11 Å². The zero-order valence-electron chi connectivity index (χ0n) is 14.7. The van der Waals surface area contributed by atoms with Crippen molar-refractivity contribution in [2.24, 2.45) is 0 Å². The lowest BCUT2D eigenvalue weighted by molar-refractivity contribution is -0.140. The second-order valence-corrected chi connectivity index (χ2v) is 5.69. The van der Waals surface area contributed by atoms with Crippen LogP contribution in [-0.2, 0) is 14.3 Å². The van der Waals surface area contributed by atoms with Crippen LogP contribution in [0.1, 0.15) is 43.5 Å². The zero-order chi connectivity index (χ0) is 18.2. The molecule has 0 fully saturated rings. The number of aryl methyl sites for hydroxylation is 1. The maximum atomic E-state index is 12.0. The average Bonchev–Trinajstić information content (AvgIpc) is 2.62. The van der Waals surface area contributed by atoms with E-state index in [2.05, 4.69) is 25.0 Å². The number of ether oxygens (including phenoxy) is 1. The monoisotopic (exact) mass is 342 g/mol. The molecule has 1 amide bonds. The Morgan fingerprint density at radius 3 is 2.60 bits per heavy atom. The molecule has 1 N–H and O–H groups in total. The minimum atomic E-state index is -0.309. The number of esters is 1. The lowest BCUT2D eigenvalue weighted by Gasteiger charge is -2.16. The molecule has 7 nitrogen and oxygen atoms in total. The van der Waals surface area contributed by atoms with E-state index in [1.807, 2.05) is 26.0 Å². The van der Waals surface area contributed by atoms with Crippen LogP contribution >= 0.6 is 0 Å². The molecule has 0 saturated carbocycles. The van der Waals surface area contributed by atoms with Gasteiger partial charge in [0.2, 0.25) is 5.91 Å². The van der Waals surface area contributed by atoms with Crippen LogP contribution < -0.4 is 5.32 Å². The van der Waals surface area contributed by atoms with Gasteiger partial charge in [0.1, 0.15) is 0 Å². The van der Waals surface area contributed by atoms with E-state index in [-0.39, 0.29) is 30.8 Å². The number of methoxy groups -OCH3 is 1. The Kier molecular flexibility index (Phi) is 6.56. The summed E-state index contributed by atoms with van der Waals surface area (Å²) in [6, 6.07) is 3.49. The first-order valence-electron chi connectivity index (χ1n) is 8.11. The molecule has 0 bridgehead atoms. The van der Waals surface area contributed by atoms with Gasteiger partial charge in [-0.2, -0.15) is 0 Å². The maximum absolute atomic E-state index is 12.0. The highest BCUT2D eigenvalue weighted by atomic mass is 16.5.